The zero-order chi connectivity index (χ0) is 20.8. The van der Waals surface area contributed by atoms with Gasteiger partial charge in [-0.1, -0.05) is 25.1 Å². The first-order valence-electron chi connectivity index (χ1n) is 10.3. The van der Waals surface area contributed by atoms with Crippen molar-refractivity contribution in [1.82, 2.24) is 20.0 Å². The predicted octanol–water partition coefficient (Wildman–Crippen LogP) is 0.288. The van der Waals surface area contributed by atoms with E-state index in [1.807, 2.05) is 31.2 Å². The second kappa shape index (κ2) is 9.84. The predicted molar refractivity (Wildman–Crippen MR) is 111 cm³/mol. The van der Waals surface area contributed by atoms with Crippen LogP contribution in [0.25, 0.3) is 0 Å². The molecule has 8 nitrogen and oxygen atoms in total. The zero-order valence-electron chi connectivity index (χ0n) is 17.3. The van der Waals surface area contributed by atoms with E-state index in [4.69, 9.17) is 0 Å². The van der Waals surface area contributed by atoms with Crippen LogP contribution in [0.3, 0.4) is 0 Å². The monoisotopic (exact) mass is 401 g/mol. The Bertz CT molecular complexity index is 746. The van der Waals surface area contributed by atoms with E-state index < -0.39 is 6.04 Å². The molecule has 3 rings (SSSR count). The summed E-state index contributed by atoms with van der Waals surface area (Å²) in [5.41, 5.74) is 1.67. The third kappa shape index (κ3) is 5.55. The Hall–Kier alpha value is -2.45. The second-order valence-electron chi connectivity index (χ2n) is 7.67. The van der Waals surface area contributed by atoms with E-state index in [9.17, 15) is 14.4 Å². The Balaban J connectivity index is 1.59. The number of para-hydroxylation sites is 1. The molecule has 8 heteroatoms. The summed E-state index contributed by atoms with van der Waals surface area (Å²) >= 11 is 0. The Morgan fingerprint density at radius 1 is 1.10 bits per heavy atom. The van der Waals surface area contributed by atoms with E-state index in [1.54, 1.807) is 4.90 Å². The van der Waals surface area contributed by atoms with Gasteiger partial charge in [0.2, 0.25) is 17.7 Å². The number of nitrogens with one attached hydrogen (secondary N) is 2. The number of hydrogen-bond acceptors (Lipinski definition) is 5. The second-order valence-corrected chi connectivity index (χ2v) is 7.67. The van der Waals surface area contributed by atoms with Gasteiger partial charge in [0, 0.05) is 45.0 Å². The zero-order valence-corrected chi connectivity index (χ0v) is 17.3. The van der Waals surface area contributed by atoms with Crippen LogP contribution in [0.15, 0.2) is 24.3 Å². The van der Waals surface area contributed by atoms with Crippen molar-refractivity contribution in [2.24, 2.45) is 0 Å². The Morgan fingerprint density at radius 3 is 2.48 bits per heavy atom. The van der Waals surface area contributed by atoms with Crippen LogP contribution in [0.1, 0.15) is 18.9 Å². The van der Waals surface area contributed by atoms with Crippen molar-refractivity contribution in [3.8, 4) is 0 Å². The van der Waals surface area contributed by atoms with Crippen LogP contribution >= 0.6 is 0 Å². The van der Waals surface area contributed by atoms with Crippen LogP contribution < -0.4 is 10.6 Å². The van der Waals surface area contributed by atoms with Crippen LogP contribution in [0.4, 0.5) is 5.69 Å². The molecule has 0 bridgehead atoms. The van der Waals surface area contributed by atoms with Gasteiger partial charge in [-0.25, -0.2) is 0 Å². The van der Waals surface area contributed by atoms with Gasteiger partial charge in [0.05, 0.1) is 13.0 Å². The van der Waals surface area contributed by atoms with E-state index in [0.717, 1.165) is 44.0 Å². The molecule has 3 amide bonds. The van der Waals surface area contributed by atoms with Gasteiger partial charge < -0.3 is 20.4 Å². The minimum absolute atomic E-state index is 0.0461. The number of likely N-dealkylation sites (N-methyl/N-ethyl adjacent to an activating group) is 1. The normalized spacial score (nSPS) is 21.0. The van der Waals surface area contributed by atoms with Crippen LogP contribution in [0.2, 0.25) is 0 Å². The van der Waals surface area contributed by atoms with Crippen LogP contribution in [-0.2, 0) is 14.4 Å². The molecule has 29 heavy (non-hydrogen) atoms. The molecule has 2 N–H and O–H groups in total. The van der Waals surface area contributed by atoms with Crippen molar-refractivity contribution in [2.75, 3.05) is 57.7 Å². The van der Waals surface area contributed by atoms with Gasteiger partial charge in [-0.15, -0.1) is 0 Å². The first-order chi connectivity index (χ1) is 14.0. The fraction of sp³-hybridized carbons (Fsp3) is 0.571. The van der Waals surface area contributed by atoms with Crippen LogP contribution in [-0.4, -0.2) is 90.8 Å². The number of benzene rings is 1. The number of rotatable bonds is 6. The maximum atomic E-state index is 12.9. The van der Waals surface area contributed by atoms with E-state index in [2.05, 4.69) is 27.4 Å². The summed E-state index contributed by atoms with van der Waals surface area (Å²) in [6.45, 7) is 9.81. The molecule has 158 valence electrons. The van der Waals surface area contributed by atoms with Gasteiger partial charge in [-0.2, -0.15) is 0 Å². The van der Waals surface area contributed by atoms with Crippen LogP contribution in [0.5, 0.6) is 0 Å². The standard InChI is InChI=1S/C21H31N5O3/c1-3-24-10-12-25(13-11-24)15-20(28)26-9-8-22-21(29)18(26)14-19(27)23-17-7-5-4-6-16(17)2/h4-7,18H,3,8-15H2,1-2H3,(H,22,29)(H,23,27)/t18-/m0/s1. The van der Waals surface area contributed by atoms with Gasteiger partial charge in [-0.3, -0.25) is 19.3 Å². The lowest BCUT2D eigenvalue weighted by atomic mass is 10.1. The van der Waals surface area contributed by atoms with Gasteiger partial charge in [0.1, 0.15) is 6.04 Å². The number of piperazine rings is 2. The highest BCUT2D eigenvalue weighted by atomic mass is 16.2. The van der Waals surface area contributed by atoms with Crippen molar-refractivity contribution >= 4 is 23.4 Å². The molecule has 0 aliphatic carbocycles. The van der Waals surface area contributed by atoms with Crippen molar-refractivity contribution < 1.29 is 14.4 Å². The lowest BCUT2D eigenvalue weighted by Crippen LogP contribution is -2.60. The molecule has 2 saturated heterocycles. The number of carbonyl (C=O) groups is 3. The smallest absolute Gasteiger partial charge is 0.243 e. The van der Waals surface area contributed by atoms with E-state index in [-0.39, 0.29) is 24.1 Å². The summed E-state index contributed by atoms with van der Waals surface area (Å²) in [4.78, 5) is 44.0. The van der Waals surface area contributed by atoms with Gasteiger partial charge in [-0.05, 0) is 25.1 Å². The third-order valence-electron chi connectivity index (χ3n) is 5.72. The molecular formula is C21H31N5O3. The maximum absolute atomic E-state index is 12.9. The Morgan fingerprint density at radius 2 is 1.79 bits per heavy atom. The van der Waals surface area contributed by atoms with E-state index in [1.165, 1.54) is 0 Å². The number of anilines is 1. The molecule has 2 heterocycles. The van der Waals surface area contributed by atoms with Crippen molar-refractivity contribution in [1.29, 1.82) is 0 Å². The van der Waals surface area contributed by atoms with Crippen LogP contribution in [0, 0.1) is 6.92 Å². The average Bonchev–Trinajstić information content (AvgIpc) is 2.71. The highest BCUT2D eigenvalue weighted by molar-refractivity contribution is 5.98. The first kappa shape index (κ1) is 21.3. The van der Waals surface area contributed by atoms with Crippen molar-refractivity contribution in [3.63, 3.8) is 0 Å². The fourth-order valence-electron chi connectivity index (χ4n) is 3.85. The van der Waals surface area contributed by atoms with E-state index >= 15 is 0 Å². The van der Waals surface area contributed by atoms with E-state index in [0.29, 0.717) is 19.6 Å². The molecule has 1 atom stereocenters. The molecule has 0 radical (unpaired) electrons. The molecule has 2 aliphatic heterocycles. The van der Waals surface area contributed by atoms with Crippen molar-refractivity contribution in [3.05, 3.63) is 29.8 Å². The lowest BCUT2D eigenvalue weighted by Gasteiger charge is -2.38. The summed E-state index contributed by atoms with van der Waals surface area (Å²) < 4.78 is 0. The molecule has 0 unspecified atom stereocenters. The number of carbonyl (C=O) groups excluding carboxylic acids is 3. The van der Waals surface area contributed by atoms with Crippen molar-refractivity contribution in [2.45, 2.75) is 26.3 Å². The Labute approximate surface area is 172 Å². The number of amides is 3. The highest BCUT2D eigenvalue weighted by Gasteiger charge is 2.35. The molecule has 0 saturated carbocycles. The first-order valence-corrected chi connectivity index (χ1v) is 10.3. The van der Waals surface area contributed by atoms with Gasteiger partial charge in [0.15, 0.2) is 0 Å². The largest absolute Gasteiger partial charge is 0.353 e. The number of aryl methyl sites for hydroxylation is 1. The summed E-state index contributed by atoms with van der Waals surface area (Å²) in [5, 5.41) is 5.64. The third-order valence-corrected chi connectivity index (χ3v) is 5.72. The molecule has 0 spiro atoms. The summed E-state index contributed by atoms with van der Waals surface area (Å²) in [7, 11) is 0. The topological polar surface area (TPSA) is 85.0 Å². The maximum Gasteiger partial charge on any atom is 0.243 e. The summed E-state index contributed by atoms with van der Waals surface area (Å²) in [6.07, 6.45) is -0.0461. The summed E-state index contributed by atoms with van der Waals surface area (Å²) in [6, 6.07) is 6.73. The van der Waals surface area contributed by atoms with Gasteiger partial charge >= 0.3 is 0 Å². The molecule has 1 aromatic carbocycles. The Kier molecular flexibility index (Phi) is 7.22. The average molecular weight is 402 g/mol. The molecule has 2 aliphatic rings. The molecule has 1 aromatic rings. The SMILES string of the molecule is CCN1CCN(CC(=O)N2CCNC(=O)[C@@H]2CC(=O)Nc2ccccc2C)CC1. The minimum atomic E-state index is -0.766. The quantitative estimate of drug-likeness (QED) is 0.716. The molecular weight excluding hydrogens is 370 g/mol. The molecule has 0 aromatic heterocycles. The molecule has 2 fully saturated rings. The lowest BCUT2D eigenvalue weighted by molar-refractivity contribution is -0.145. The van der Waals surface area contributed by atoms with Gasteiger partial charge in [0.25, 0.3) is 0 Å². The highest BCUT2D eigenvalue weighted by Crippen LogP contribution is 2.16. The summed E-state index contributed by atoms with van der Waals surface area (Å²) in [5.74, 6) is -0.616. The number of hydrogen-bond donors (Lipinski definition) is 2. The minimum Gasteiger partial charge on any atom is -0.353 e. The fourth-order valence-corrected chi connectivity index (χ4v) is 3.85. The number of nitrogens with zero attached hydrogens (tertiary/aromatic N) is 3.